The first-order valence-corrected chi connectivity index (χ1v) is 32.4. The molecule has 0 aliphatic carbocycles. The van der Waals surface area contributed by atoms with Crippen LogP contribution in [0.25, 0.3) is 176 Å². The summed E-state index contributed by atoms with van der Waals surface area (Å²) in [7, 11) is 0. The maximum absolute atomic E-state index is 2.47. The molecule has 94 heavy (non-hydrogen) atoms. The third-order valence-electron chi connectivity index (χ3n) is 19.6. The summed E-state index contributed by atoms with van der Waals surface area (Å²) in [6, 6.07) is 128. The maximum atomic E-state index is 2.47. The molecule has 0 N–H and O–H groups in total. The molecule has 0 saturated carbocycles. The monoisotopic (exact) mass is 1190 g/mol. The van der Waals surface area contributed by atoms with Gasteiger partial charge in [0.05, 0.1) is 44.1 Å². The van der Waals surface area contributed by atoms with E-state index in [1.807, 2.05) is 0 Å². The van der Waals surface area contributed by atoms with Crippen molar-refractivity contribution in [2.24, 2.45) is 0 Å². The second-order valence-electron chi connectivity index (χ2n) is 24.8. The topological polar surface area (TPSA) is 19.7 Å². The molecule has 16 aromatic carbocycles. The summed E-state index contributed by atoms with van der Waals surface area (Å²) in [4.78, 5) is 0. The second kappa shape index (κ2) is 21.6. The van der Waals surface area contributed by atoms with Crippen LogP contribution in [0.5, 0.6) is 0 Å². The molecule has 0 saturated heterocycles. The van der Waals surface area contributed by atoms with Gasteiger partial charge in [-0.3, -0.25) is 0 Å². The lowest BCUT2D eigenvalue weighted by atomic mass is 10.0. The summed E-state index contributed by atoms with van der Waals surface area (Å²) < 4.78 is 9.76. The molecule has 0 aliphatic rings. The van der Waals surface area contributed by atoms with Gasteiger partial charge in [-0.05, 0) is 163 Å². The van der Waals surface area contributed by atoms with E-state index in [1.54, 1.807) is 0 Å². The minimum Gasteiger partial charge on any atom is -0.309 e. The van der Waals surface area contributed by atoms with Crippen LogP contribution in [0, 0.1) is 0 Å². The van der Waals surface area contributed by atoms with Crippen LogP contribution in [0.15, 0.2) is 352 Å². The van der Waals surface area contributed by atoms with Crippen LogP contribution >= 0.6 is 0 Å². The fourth-order valence-corrected chi connectivity index (χ4v) is 15.1. The lowest BCUT2D eigenvalue weighted by Gasteiger charge is -2.12. The third kappa shape index (κ3) is 8.61. The fraction of sp³-hybridized carbons (Fsp3) is 0. The molecule has 20 aromatic rings. The normalized spacial score (nSPS) is 11.8. The molecule has 0 fully saturated rings. The summed E-state index contributed by atoms with van der Waals surface area (Å²) in [5.74, 6) is 0. The fourth-order valence-electron chi connectivity index (χ4n) is 15.1. The van der Waals surface area contributed by atoms with E-state index in [-0.39, 0.29) is 0 Å². The van der Waals surface area contributed by atoms with Crippen LogP contribution in [-0.4, -0.2) is 18.3 Å². The number of para-hydroxylation sites is 3. The number of aromatic nitrogens is 4. The Morgan fingerprint density at radius 1 is 0.138 bits per heavy atom. The number of rotatable bonds is 7. The zero-order valence-corrected chi connectivity index (χ0v) is 51.3. The van der Waals surface area contributed by atoms with Crippen LogP contribution in [0.3, 0.4) is 0 Å². The maximum Gasteiger partial charge on any atom is 0.0619 e. The summed E-state index contributed by atoms with van der Waals surface area (Å²) in [6.45, 7) is 0. The predicted octanol–water partition coefficient (Wildman–Crippen LogP) is 24.2. The van der Waals surface area contributed by atoms with E-state index in [4.69, 9.17) is 0 Å². The highest BCUT2D eigenvalue weighted by Crippen LogP contribution is 2.44. The van der Waals surface area contributed by atoms with Gasteiger partial charge >= 0.3 is 0 Å². The molecule has 4 heterocycles. The van der Waals surface area contributed by atoms with Crippen molar-refractivity contribution >= 4 is 120 Å². The SMILES string of the molecule is c1ccc(-c2ccc(-n3c4ccccc4c4cc5c6ccc7ccccc7c6n(-c6ccc(-c7ccccc7)cc6)c5cc43)cc2)cc1.c1ccc(-n2c3cc4ccccc4cc3c3cc4c5ccccc5n(-c5ccc(-c6ccc7ccccc7c6)cc5)c4cc32)cc1. The average molecular weight is 1200 g/mol. The van der Waals surface area contributed by atoms with Crippen LogP contribution in [0.4, 0.5) is 0 Å². The van der Waals surface area contributed by atoms with Crippen LogP contribution in [-0.2, 0) is 0 Å². The molecule has 4 nitrogen and oxygen atoms in total. The highest BCUT2D eigenvalue weighted by atomic mass is 15.0. The summed E-state index contributed by atoms with van der Waals surface area (Å²) in [5, 5.41) is 17.7. The van der Waals surface area contributed by atoms with Crippen LogP contribution in [0.2, 0.25) is 0 Å². The number of hydrogen-bond acceptors (Lipinski definition) is 0. The molecule has 0 radical (unpaired) electrons. The molecule has 0 bridgehead atoms. The molecule has 4 aromatic heterocycles. The Morgan fingerprint density at radius 2 is 0.468 bits per heavy atom. The Bertz CT molecular complexity index is 6350. The Morgan fingerprint density at radius 3 is 1.02 bits per heavy atom. The lowest BCUT2D eigenvalue weighted by Crippen LogP contribution is -1.96. The lowest BCUT2D eigenvalue weighted by molar-refractivity contribution is 1.17. The van der Waals surface area contributed by atoms with Gasteiger partial charge in [0.15, 0.2) is 0 Å². The van der Waals surface area contributed by atoms with Gasteiger partial charge in [-0.15, -0.1) is 0 Å². The van der Waals surface area contributed by atoms with E-state index in [1.165, 1.54) is 159 Å². The van der Waals surface area contributed by atoms with Crippen LogP contribution < -0.4 is 0 Å². The first-order valence-electron chi connectivity index (χ1n) is 32.4. The Kier molecular flexibility index (Phi) is 12.3. The smallest absolute Gasteiger partial charge is 0.0619 e. The van der Waals surface area contributed by atoms with Gasteiger partial charge in [-0.2, -0.15) is 0 Å². The molecule has 4 heteroatoms. The van der Waals surface area contributed by atoms with Crippen molar-refractivity contribution in [3.63, 3.8) is 0 Å². The van der Waals surface area contributed by atoms with Crippen molar-refractivity contribution < 1.29 is 0 Å². The second-order valence-corrected chi connectivity index (χ2v) is 24.8. The van der Waals surface area contributed by atoms with Gasteiger partial charge in [0.2, 0.25) is 0 Å². The third-order valence-corrected chi connectivity index (χ3v) is 19.6. The van der Waals surface area contributed by atoms with Crippen molar-refractivity contribution in [2.75, 3.05) is 0 Å². The Labute approximate surface area is 542 Å². The first kappa shape index (κ1) is 53.3. The largest absolute Gasteiger partial charge is 0.309 e. The molecule has 0 atom stereocenters. The molecule has 0 aliphatic heterocycles. The van der Waals surface area contributed by atoms with E-state index in [0.717, 1.165) is 17.1 Å². The van der Waals surface area contributed by atoms with Crippen molar-refractivity contribution in [1.82, 2.24) is 18.3 Å². The zero-order valence-electron chi connectivity index (χ0n) is 51.3. The van der Waals surface area contributed by atoms with E-state index < -0.39 is 0 Å². The number of benzene rings is 16. The van der Waals surface area contributed by atoms with Gasteiger partial charge < -0.3 is 18.3 Å². The quantitative estimate of drug-likeness (QED) is 0.152. The van der Waals surface area contributed by atoms with Crippen molar-refractivity contribution in [2.45, 2.75) is 0 Å². The van der Waals surface area contributed by atoms with E-state index in [2.05, 4.69) is 370 Å². The summed E-state index contributed by atoms with van der Waals surface area (Å²) in [6.07, 6.45) is 0. The molecule has 0 unspecified atom stereocenters. The minimum atomic E-state index is 1.15. The molecule has 0 amide bonds. The summed E-state index contributed by atoms with van der Waals surface area (Å²) >= 11 is 0. The van der Waals surface area contributed by atoms with Crippen molar-refractivity contribution in [1.29, 1.82) is 0 Å². The predicted molar refractivity (Wildman–Crippen MR) is 399 cm³/mol. The Hall–Kier alpha value is -12.5. The van der Waals surface area contributed by atoms with Crippen molar-refractivity contribution in [3.05, 3.63) is 352 Å². The van der Waals surface area contributed by atoms with Gasteiger partial charge in [-0.1, -0.05) is 249 Å². The zero-order chi connectivity index (χ0) is 61.8. The number of hydrogen-bond donors (Lipinski definition) is 0. The molecular formula is C90H58N4. The number of fused-ring (bicyclic) bond motifs is 16. The summed E-state index contributed by atoms with van der Waals surface area (Å²) in [5.41, 5.74) is 21.7. The van der Waals surface area contributed by atoms with Crippen molar-refractivity contribution in [3.8, 4) is 56.1 Å². The average Bonchev–Trinajstić information content (AvgIpc) is 1.56. The first-order chi connectivity index (χ1) is 46.6. The minimum absolute atomic E-state index is 1.15. The van der Waals surface area contributed by atoms with Gasteiger partial charge in [0, 0.05) is 71.2 Å². The highest BCUT2D eigenvalue weighted by Gasteiger charge is 2.22. The van der Waals surface area contributed by atoms with E-state index in [0.29, 0.717) is 0 Å². The van der Waals surface area contributed by atoms with E-state index >= 15 is 0 Å². The molecular weight excluding hydrogens is 1140 g/mol. The number of nitrogens with zero attached hydrogens (tertiary/aromatic N) is 4. The van der Waals surface area contributed by atoms with Gasteiger partial charge in [0.1, 0.15) is 0 Å². The Balaban J connectivity index is 0.000000134. The van der Waals surface area contributed by atoms with Gasteiger partial charge in [0.25, 0.3) is 0 Å². The standard InChI is InChI=1S/C46H30N2.C44H28N2/c1-3-11-31(12-4-1)33-19-24-36(25-20-33)47-43-18-10-9-17-39(43)41-29-42-40-28-23-35-15-7-8-16-38(35)46(40)48(45(42)30-44(41)47)37-26-21-34(22-27-37)32-13-5-2-6-14-32;1-2-14-35(15-3-1)46-42-26-33-13-7-6-12-32(33)25-38(42)40-27-39-37-16-8-9-17-41(37)45(43(39)28-44(40)46)36-22-20-30(21-23-36)34-19-18-29-10-4-5-11-31(29)24-34/h1-30H;1-28H. The molecule has 20 rings (SSSR count). The highest BCUT2D eigenvalue weighted by molar-refractivity contribution is 6.24. The van der Waals surface area contributed by atoms with Crippen LogP contribution in [0.1, 0.15) is 0 Å². The van der Waals surface area contributed by atoms with Gasteiger partial charge in [-0.25, -0.2) is 0 Å². The van der Waals surface area contributed by atoms with E-state index in [9.17, 15) is 0 Å². The molecule has 438 valence electrons. The molecule has 0 spiro atoms.